The number of carboxylic acids is 1. The molecule has 12 heavy (non-hydrogen) atoms. The minimum atomic E-state index is -0.916. The fourth-order valence-corrected chi connectivity index (χ4v) is 0.870. The van der Waals surface area contributed by atoms with E-state index in [0.717, 1.165) is 0 Å². The first-order valence-electron chi connectivity index (χ1n) is 3.20. The number of benzene rings is 1. The van der Waals surface area contributed by atoms with Gasteiger partial charge in [0.15, 0.2) is 0 Å². The van der Waals surface area contributed by atoms with Crippen molar-refractivity contribution in [3.8, 4) is 0 Å². The zero-order valence-corrected chi connectivity index (χ0v) is 8.95. The van der Waals surface area contributed by atoms with Crippen molar-refractivity contribution < 1.29 is 9.90 Å². The van der Waals surface area contributed by atoms with Crippen molar-refractivity contribution in [2.24, 2.45) is 0 Å². The molecule has 0 aromatic heterocycles. The maximum Gasteiger partial charge on any atom is 0.336 e. The normalized spacial score (nSPS) is 8.33. The summed E-state index contributed by atoms with van der Waals surface area (Å²) in [7, 11) is 0. The Morgan fingerprint density at radius 2 is 2.00 bits per heavy atom. The van der Waals surface area contributed by atoms with Crippen LogP contribution < -0.4 is 0 Å². The molecule has 57 valence electrons. The zero-order valence-electron chi connectivity index (χ0n) is 6.95. The summed E-state index contributed by atoms with van der Waals surface area (Å²) in [4.78, 5) is 10.5. The Morgan fingerprint density at radius 1 is 1.42 bits per heavy atom. The van der Waals surface area contributed by atoms with Crippen LogP contribution >= 0.6 is 0 Å². The molecule has 0 unspecified atom stereocenters. The molecule has 0 spiro atoms. The summed E-state index contributed by atoms with van der Waals surface area (Å²) in [5, 5.41) is 8.65. The van der Waals surface area contributed by atoms with Crippen LogP contribution in [0.2, 0.25) is 0 Å². The number of aromatic carboxylic acids is 1. The maximum atomic E-state index is 10.5. The van der Waals surface area contributed by atoms with Crippen molar-refractivity contribution in [2.75, 3.05) is 0 Å². The van der Waals surface area contributed by atoms with Crippen LogP contribution in [0.15, 0.2) is 30.8 Å². The molecule has 0 atom stereocenters. The maximum absolute atomic E-state index is 10.5. The van der Waals surface area contributed by atoms with Crippen molar-refractivity contribution in [3.05, 3.63) is 42.0 Å². The molecule has 0 aliphatic carbocycles. The van der Waals surface area contributed by atoms with E-state index in [1.807, 2.05) is 0 Å². The third-order valence-electron chi connectivity index (χ3n) is 1.41. The van der Waals surface area contributed by atoms with Gasteiger partial charge in [-0.25, -0.2) is 4.79 Å². The van der Waals surface area contributed by atoms with Crippen LogP contribution in [-0.2, 0) is 0 Å². The Hall–Kier alpha value is -0.570. The molecule has 2 nitrogen and oxygen atoms in total. The molecular formula is C9H8NaO2. The first-order valence-corrected chi connectivity index (χ1v) is 3.20. The van der Waals surface area contributed by atoms with E-state index in [-0.39, 0.29) is 29.6 Å². The second-order valence-electron chi connectivity index (χ2n) is 2.10. The molecular weight excluding hydrogens is 163 g/mol. The largest absolute Gasteiger partial charge is 0.478 e. The Balaban J connectivity index is 0.00000121. The van der Waals surface area contributed by atoms with E-state index in [1.54, 1.807) is 24.3 Å². The Morgan fingerprint density at radius 3 is 2.42 bits per heavy atom. The SMILES string of the molecule is C=Cc1ccccc1C(=O)O.[Na]. The van der Waals surface area contributed by atoms with E-state index in [9.17, 15) is 4.79 Å². The van der Waals surface area contributed by atoms with Crippen LogP contribution in [0, 0.1) is 0 Å². The van der Waals surface area contributed by atoms with Gasteiger partial charge < -0.3 is 5.11 Å². The van der Waals surface area contributed by atoms with Gasteiger partial charge in [-0.2, -0.15) is 0 Å². The zero-order chi connectivity index (χ0) is 8.27. The summed E-state index contributed by atoms with van der Waals surface area (Å²) < 4.78 is 0. The minimum Gasteiger partial charge on any atom is -0.478 e. The molecule has 0 aliphatic rings. The summed E-state index contributed by atoms with van der Waals surface area (Å²) in [6.45, 7) is 3.51. The van der Waals surface area contributed by atoms with E-state index >= 15 is 0 Å². The van der Waals surface area contributed by atoms with Crippen LogP contribution in [0.3, 0.4) is 0 Å². The van der Waals surface area contributed by atoms with Gasteiger partial charge in [-0.3, -0.25) is 0 Å². The molecule has 0 bridgehead atoms. The van der Waals surface area contributed by atoms with Crippen LogP contribution in [0.25, 0.3) is 6.08 Å². The van der Waals surface area contributed by atoms with Gasteiger partial charge in [0, 0.05) is 29.6 Å². The van der Waals surface area contributed by atoms with E-state index < -0.39 is 5.97 Å². The summed E-state index contributed by atoms with van der Waals surface area (Å²) in [5.74, 6) is -0.916. The molecule has 0 heterocycles. The Kier molecular flexibility index (Phi) is 4.90. The Labute approximate surface area is 93.2 Å². The van der Waals surface area contributed by atoms with E-state index in [2.05, 4.69) is 6.58 Å². The average molecular weight is 171 g/mol. The van der Waals surface area contributed by atoms with Gasteiger partial charge in [0.25, 0.3) is 0 Å². The van der Waals surface area contributed by atoms with Crippen LogP contribution in [0.1, 0.15) is 15.9 Å². The van der Waals surface area contributed by atoms with Gasteiger partial charge in [-0.1, -0.05) is 30.9 Å². The molecule has 1 N–H and O–H groups in total. The quantitative estimate of drug-likeness (QED) is 0.687. The smallest absolute Gasteiger partial charge is 0.336 e. The second kappa shape index (κ2) is 5.14. The van der Waals surface area contributed by atoms with Gasteiger partial charge in [0.05, 0.1) is 5.56 Å². The average Bonchev–Trinajstić information content (AvgIpc) is 2.04. The second-order valence-corrected chi connectivity index (χ2v) is 2.10. The Bertz CT molecular complexity index is 294. The number of carboxylic acid groups (broad SMARTS) is 1. The summed E-state index contributed by atoms with van der Waals surface area (Å²) in [6, 6.07) is 6.75. The van der Waals surface area contributed by atoms with Crippen LogP contribution in [-0.4, -0.2) is 40.6 Å². The summed E-state index contributed by atoms with van der Waals surface area (Å²) in [6.07, 6.45) is 1.53. The monoisotopic (exact) mass is 171 g/mol. The fourth-order valence-electron chi connectivity index (χ4n) is 0.870. The van der Waals surface area contributed by atoms with Crippen LogP contribution in [0.5, 0.6) is 0 Å². The fraction of sp³-hybridized carbons (Fsp3) is 0. The van der Waals surface area contributed by atoms with Gasteiger partial charge in [0.1, 0.15) is 0 Å². The first kappa shape index (κ1) is 11.4. The molecule has 0 saturated heterocycles. The molecule has 1 rings (SSSR count). The molecule has 0 amide bonds. The van der Waals surface area contributed by atoms with Crippen molar-refractivity contribution in [1.29, 1.82) is 0 Å². The van der Waals surface area contributed by atoms with Crippen molar-refractivity contribution in [2.45, 2.75) is 0 Å². The van der Waals surface area contributed by atoms with Gasteiger partial charge in [-0.15, -0.1) is 0 Å². The molecule has 0 saturated carbocycles. The van der Waals surface area contributed by atoms with Gasteiger partial charge >= 0.3 is 5.97 Å². The van der Waals surface area contributed by atoms with Crippen molar-refractivity contribution in [1.82, 2.24) is 0 Å². The van der Waals surface area contributed by atoms with Gasteiger partial charge in [-0.05, 0) is 11.6 Å². The molecule has 0 aliphatic heterocycles. The predicted molar refractivity (Wildman–Crippen MR) is 49.2 cm³/mol. The summed E-state index contributed by atoms with van der Waals surface area (Å²) >= 11 is 0. The van der Waals surface area contributed by atoms with Crippen molar-refractivity contribution >= 4 is 41.6 Å². The number of hydrogen-bond acceptors (Lipinski definition) is 1. The minimum absolute atomic E-state index is 0. The van der Waals surface area contributed by atoms with E-state index in [0.29, 0.717) is 11.1 Å². The van der Waals surface area contributed by atoms with E-state index in [4.69, 9.17) is 5.11 Å². The predicted octanol–water partition coefficient (Wildman–Crippen LogP) is 1.65. The molecule has 0 fully saturated rings. The molecule has 1 aromatic rings. The first-order chi connectivity index (χ1) is 5.25. The third-order valence-corrected chi connectivity index (χ3v) is 1.41. The van der Waals surface area contributed by atoms with Crippen molar-refractivity contribution in [3.63, 3.8) is 0 Å². The van der Waals surface area contributed by atoms with Crippen LogP contribution in [0.4, 0.5) is 0 Å². The number of rotatable bonds is 2. The topological polar surface area (TPSA) is 37.3 Å². The number of hydrogen-bond donors (Lipinski definition) is 1. The third kappa shape index (κ3) is 2.48. The standard InChI is InChI=1S/C9H8O2.Na/c1-2-7-5-3-4-6-8(7)9(10)11;/h2-6H,1H2,(H,10,11);. The molecule has 1 radical (unpaired) electrons. The molecule has 1 aromatic carbocycles. The number of carbonyl (C=O) groups is 1. The summed E-state index contributed by atoms with van der Waals surface area (Å²) in [5.41, 5.74) is 0.947. The molecule has 3 heteroatoms. The van der Waals surface area contributed by atoms with E-state index in [1.165, 1.54) is 6.08 Å². The van der Waals surface area contributed by atoms with Gasteiger partial charge in [0.2, 0.25) is 0 Å².